The molecule has 0 aliphatic heterocycles. The molecule has 106 valence electrons. The van der Waals surface area contributed by atoms with Crippen molar-refractivity contribution in [1.29, 1.82) is 0 Å². The summed E-state index contributed by atoms with van der Waals surface area (Å²) >= 11 is 0. The predicted molar refractivity (Wildman–Crippen MR) is 75.1 cm³/mol. The average Bonchev–Trinajstić information content (AvgIpc) is 2.42. The Labute approximate surface area is 114 Å². The van der Waals surface area contributed by atoms with Crippen LogP contribution in [0.3, 0.4) is 0 Å². The molecule has 0 heterocycles. The van der Waals surface area contributed by atoms with Gasteiger partial charge in [-0.05, 0) is 24.9 Å². The van der Waals surface area contributed by atoms with E-state index >= 15 is 0 Å². The predicted octanol–water partition coefficient (Wildman–Crippen LogP) is 2.44. The topological polar surface area (TPSA) is 58.6 Å². The SMILES string of the molecule is O=C(O)CCCCCNCCOCc1ccccc1. The number of hydrogen-bond donors (Lipinski definition) is 2. The lowest BCUT2D eigenvalue weighted by molar-refractivity contribution is -0.137. The highest BCUT2D eigenvalue weighted by Gasteiger charge is 1.96. The van der Waals surface area contributed by atoms with Crippen LogP contribution in [-0.4, -0.2) is 30.8 Å². The number of rotatable bonds is 11. The van der Waals surface area contributed by atoms with Gasteiger partial charge in [-0.3, -0.25) is 4.79 Å². The van der Waals surface area contributed by atoms with Crippen molar-refractivity contribution in [3.05, 3.63) is 35.9 Å². The van der Waals surface area contributed by atoms with E-state index in [1.54, 1.807) is 0 Å². The van der Waals surface area contributed by atoms with Gasteiger partial charge < -0.3 is 15.2 Å². The number of ether oxygens (including phenoxy) is 1. The van der Waals surface area contributed by atoms with E-state index in [2.05, 4.69) is 17.4 Å². The van der Waals surface area contributed by atoms with Gasteiger partial charge in [-0.2, -0.15) is 0 Å². The lowest BCUT2D eigenvalue weighted by atomic mass is 10.2. The van der Waals surface area contributed by atoms with Crippen molar-refractivity contribution in [3.63, 3.8) is 0 Å². The van der Waals surface area contributed by atoms with E-state index in [1.807, 2.05) is 18.2 Å². The molecule has 0 aliphatic rings. The third-order valence-corrected chi connectivity index (χ3v) is 2.78. The summed E-state index contributed by atoms with van der Waals surface area (Å²) < 4.78 is 5.54. The summed E-state index contributed by atoms with van der Waals surface area (Å²) in [6.07, 6.45) is 3.03. The molecule has 0 saturated carbocycles. The highest BCUT2D eigenvalue weighted by Crippen LogP contribution is 2.00. The van der Waals surface area contributed by atoms with Crippen LogP contribution in [0, 0.1) is 0 Å². The zero-order valence-electron chi connectivity index (χ0n) is 11.3. The lowest BCUT2D eigenvalue weighted by Gasteiger charge is -2.06. The number of benzene rings is 1. The molecule has 0 radical (unpaired) electrons. The normalized spacial score (nSPS) is 10.5. The van der Waals surface area contributed by atoms with Gasteiger partial charge in [0.1, 0.15) is 0 Å². The highest BCUT2D eigenvalue weighted by atomic mass is 16.5. The van der Waals surface area contributed by atoms with Crippen LogP contribution in [0.4, 0.5) is 0 Å². The first-order chi connectivity index (χ1) is 9.29. The standard InChI is InChI=1S/C15H23NO3/c17-15(18)9-5-2-6-10-16-11-12-19-13-14-7-3-1-4-8-14/h1,3-4,7-8,16H,2,5-6,9-13H2,(H,17,18). The van der Waals surface area contributed by atoms with Crippen LogP contribution in [0.5, 0.6) is 0 Å². The minimum Gasteiger partial charge on any atom is -0.481 e. The first kappa shape index (κ1) is 15.7. The molecule has 0 saturated heterocycles. The smallest absolute Gasteiger partial charge is 0.303 e. The Balaban J connectivity index is 1.83. The first-order valence-corrected chi connectivity index (χ1v) is 6.83. The van der Waals surface area contributed by atoms with Crippen molar-refractivity contribution in [3.8, 4) is 0 Å². The Hall–Kier alpha value is -1.39. The lowest BCUT2D eigenvalue weighted by Crippen LogP contribution is -2.20. The van der Waals surface area contributed by atoms with Gasteiger partial charge in [-0.1, -0.05) is 36.8 Å². The Morgan fingerprint density at radius 2 is 1.89 bits per heavy atom. The van der Waals surface area contributed by atoms with E-state index < -0.39 is 5.97 Å². The molecule has 4 heteroatoms. The van der Waals surface area contributed by atoms with Gasteiger partial charge in [-0.15, -0.1) is 0 Å². The highest BCUT2D eigenvalue weighted by molar-refractivity contribution is 5.66. The molecule has 0 atom stereocenters. The molecular weight excluding hydrogens is 242 g/mol. The van der Waals surface area contributed by atoms with Gasteiger partial charge in [0.15, 0.2) is 0 Å². The molecule has 4 nitrogen and oxygen atoms in total. The van der Waals surface area contributed by atoms with Gasteiger partial charge >= 0.3 is 5.97 Å². The quantitative estimate of drug-likeness (QED) is 0.603. The number of hydrogen-bond acceptors (Lipinski definition) is 3. The zero-order valence-corrected chi connectivity index (χ0v) is 11.3. The van der Waals surface area contributed by atoms with Gasteiger partial charge in [0.05, 0.1) is 13.2 Å². The minimum absolute atomic E-state index is 0.278. The molecule has 1 aromatic carbocycles. The fourth-order valence-corrected chi connectivity index (χ4v) is 1.74. The van der Waals surface area contributed by atoms with E-state index in [9.17, 15) is 4.79 Å². The maximum Gasteiger partial charge on any atom is 0.303 e. The van der Waals surface area contributed by atoms with Gasteiger partial charge in [0.2, 0.25) is 0 Å². The van der Waals surface area contributed by atoms with E-state index in [0.717, 1.165) is 32.4 Å². The maximum atomic E-state index is 10.3. The third-order valence-electron chi connectivity index (χ3n) is 2.78. The van der Waals surface area contributed by atoms with Gasteiger partial charge in [0.25, 0.3) is 0 Å². The molecule has 2 N–H and O–H groups in total. The van der Waals surface area contributed by atoms with E-state index in [1.165, 1.54) is 5.56 Å². The zero-order chi connectivity index (χ0) is 13.8. The fraction of sp³-hybridized carbons (Fsp3) is 0.533. The summed E-state index contributed by atoms with van der Waals surface area (Å²) in [6, 6.07) is 10.1. The summed E-state index contributed by atoms with van der Waals surface area (Å²) in [6.45, 7) is 3.12. The molecule has 0 amide bonds. The van der Waals surface area contributed by atoms with Crippen molar-refractivity contribution in [2.45, 2.75) is 32.3 Å². The second-order valence-corrected chi connectivity index (χ2v) is 4.49. The second kappa shape index (κ2) is 10.5. The minimum atomic E-state index is -0.706. The van der Waals surface area contributed by atoms with Crippen LogP contribution >= 0.6 is 0 Å². The van der Waals surface area contributed by atoms with Crippen LogP contribution in [0.2, 0.25) is 0 Å². The molecule has 0 spiro atoms. The fourth-order valence-electron chi connectivity index (χ4n) is 1.74. The molecule has 1 rings (SSSR count). The third kappa shape index (κ3) is 9.22. The summed E-state index contributed by atoms with van der Waals surface area (Å²) in [5, 5.41) is 11.8. The van der Waals surface area contributed by atoms with Crippen LogP contribution in [0.15, 0.2) is 30.3 Å². The molecule has 1 aromatic rings. The Morgan fingerprint density at radius 1 is 1.11 bits per heavy atom. The van der Waals surface area contributed by atoms with Crippen LogP contribution in [0.1, 0.15) is 31.2 Å². The van der Waals surface area contributed by atoms with Crippen molar-refractivity contribution in [2.75, 3.05) is 19.7 Å². The maximum absolute atomic E-state index is 10.3. The van der Waals surface area contributed by atoms with Gasteiger partial charge in [-0.25, -0.2) is 0 Å². The first-order valence-electron chi connectivity index (χ1n) is 6.83. The van der Waals surface area contributed by atoms with Crippen LogP contribution in [0.25, 0.3) is 0 Å². The van der Waals surface area contributed by atoms with Crippen molar-refractivity contribution in [2.24, 2.45) is 0 Å². The van der Waals surface area contributed by atoms with E-state index in [0.29, 0.717) is 13.2 Å². The number of nitrogens with one attached hydrogen (secondary N) is 1. The van der Waals surface area contributed by atoms with Crippen molar-refractivity contribution >= 4 is 5.97 Å². The van der Waals surface area contributed by atoms with E-state index in [4.69, 9.17) is 9.84 Å². The summed E-state index contributed by atoms with van der Waals surface area (Å²) in [4.78, 5) is 10.3. The number of carbonyl (C=O) groups is 1. The summed E-state index contributed by atoms with van der Waals surface area (Å²) in [5.41, 5.74) is 1.19. The molecule has 0 aliphatic carbocycles. The van der Waals surface area contributed by atoms with Crippen LogP contribution < -0.4 is 5.32 Å². The Kier molecular flexibility index (Phi) is 8.68. The molecule has 0 aromatic heterocycles. The van der Waals surface area contributed by atoms with Crippen LogP contribution in [-0.2, 0) is 16.1 Å². The Morgan fingerprint density at radius 3 is 2.63 bits per heavy atom. The number of unbranched alkanes of at least 4 members (excludes halogenated alkanes) is 2. The number of aliphatic carboxylic acids is 1. The molecule has 0 unspecified atom stereocenters. The second-order valence-electron chi connectivity index (χ2n) is 4.49. The molecule has 19 heavy (non-hydrogen) atoms. The summed E-state index contributed by atoms with van der Waals surface area (Å²) in [7, 11) is 0. The molecule has 0 fully saturated rings. The number of carboxylic acid groups (broad SMARTS) is 1. The van der Waals surface area contributed by atoms with Crippen molar-refractivity contribution < 1.29 is 14.6 Å². The summed E-state index contributed by atoms with van der Waals surface area (Å²) in [5.74, 6) is -0.706. The van der Waals surface area contributed by atoms with Gasteiger partial charge in [0, 0.05) is 13.0 Å². The molecular formula is C15H23NO3. The molecule has 0 bridgehead atoms. The monoisotopic (exact) mass is 265 g/mol. The largest absolute Gasteiger partial charge is 0.481 e. The number of carboxylic acids is 1. The van der Waals surface area contributed by atoms with Crippen molar-refractivity contribution in [1.82, 2.24) is 5.32 Å². The average molecular weight is 265 g/mol. The van der Waals surface area contributed by atoms with E-state index in [-0.39, 0.29) is 6.42 Å². The Bertz CT molecular complexity index is 341.